The number of ether oxygens (including phenoxy) is 1. The predicted octanol–water partition coefficient (Wildman–Crippen LogP) is 4.02. The molecule has 2 N–H and O–H groups in total. The molecule has 1 amide bonds. The van der Waals surface area contributed by atoms with Gasteiger partial charge in [-0.15, -0.1) is 0 Å². The lowest BCUT2D eigenvalue weighted by atomic mass is 10.0. The number of aliphatic hydroxyl groups is 1. The fourth-order valence-electron chi connectivity index (χ4n) is 6.04. The Balaban J connectivity index is 1.34. The van der Waals surface area contributed by atoms with Gasteiger partial charge in [-0.3, -0.25) is 4.79 Å². The number of piperidine rings is 1. The average molecular weight is 680 g/mol. The van der Waals surface area contributed by atoms with Gasteiger partial charge in [-0.2, -0.15) is 9.97 Å². The lowest BCUT2D eigenvalue weighted by molar-refractivity contribution is -0.0532. The summed E-state index contributed by atoms with van der Waals surface area (Å²) in [6.45, 7) is 0.892. The Bertz CT molecular complexity index is 1520. The summed E-state index contributed by atoms with van der Waals surface area (Å²) in [6, 6.07) is 8.75. The number of nitrogens with zero attached hydrogens (tertiary/aromatic N) is 5. The number of alkyl halides is 2. The molecule has 218 valence electrons. The first-order valence-electron chi connectivity index (χ1n) is 13.6. The van der Waals surface area contributed by atoms with Crippen LogP contribution < -0.4 is 9.64 Å². The number of anilines is 1. The van der Waals surface area contributed by atoms with E-state index in [9.17, 15) is 23.8 Å². The van der Waals surface area contributed by atoms with Gasteiger partial charge in [0.1, 0.15) is 11.6 Å². The lowest BCUT2D eigenvalue weighted by Gasteiger charge is -2.36. The van der Waals surface area contributed by atoms with Crippen LogP contribution in [0.5, 0.6) is 11.8 Å². The van der Waals surface area contributed by atoms with Crippen molar-refractivity contribution in [3.05, 3.63) is 50.7 Å². The summed E-state index contributed by atoms with van der Waals surface area (Å²) in [5, 5.41) is 22.1. The molecule has 1 aromatic heterocycles. The van der Waals surface area contributed by atoms with Crippen LogP contribution in [-0.4, -0.2) is 88.3 Å². The third-order valence-electron chi connectivity index (χ3n) is 7.97. The van der Waals surface area contributed by atoms with E-state index in [0.29, 0.717) is 23.4 Å². The number of phenols is 1. The molecule has 1 saturated heterocycles. The molecule has 2 aromatic carbocycles. The number of aromatic hydroxyl groups is 1. The van der Waals surface area contributed by atoms with Gasteiger partial charge in [-0.25, -0.2) is 8.78 Å². The molecule has 1 saturated carbocycles. The maximum atomic E-state index is 14.6. The van der Waals surface area contributed by atoms with Gasteiger partial charge in [0.15, 0.2) is 0 Å². The molecule has 6 rings (SSSR count). The Kier molecular flexibility index (Phi) is 7.22. The average Bonchev–Trinajstić information content (AvgIpc) is 3.50. The number of rotatable bonds is 7. The maximum absolute atomic E-state index is 14.6. The molecule has 3 aliphatic rings. The predicted molar refractivity (Wildman–Crippen MR) is 157 cm³/mol. The van der Waals surface area contributed by atoms with E-state index in [-0.39, 0.29) is 48.5 Å². The number of carbonyl (C=O) groups excluding carboxylic acids is 1. The van der Waals surface area contributed by atoms with E-state index in [0.717, 1.165) is 33.7 Å². The third-order valence-corrected chi connectivity index (χ3v) is 8.87. The van der Waals surface area contributed by atoms with Crippen molar-refractivity contribution in [3.8, 4) is 11.8 Å². The summed E-state index contributed by atoms with van der Waals surface area (Å²) in [7, 11) is 4.02. The normalized spacial score (nSPS) is 20.9. The van der Waals surface area contributed by atoms with E-state index in [1.54, 1.807) is 11.0 Å². The number of β-amino-alcohol motifs (C(OH)–C–C–N with tert-alkyl or cyclic N) is 1. The highest BCUT2D eigenvalue weighted by Crippen LogP contribution is 2.46. The fourth-order valence-corrected chi connectivity index (χ4v) is 6.85. The lowest BCUT2D eigenvalue weighted by Crippen LogP contribution is -2.50. The summed E-state index contributed by atoms with van der Waals surface area (Å²) in [5.41, 5.74) is 1.45. The van der Waals surface area contributed by atoms with Gasteiger partial charge in [-0.1, -0.05) is 12.1 Å². The van der Waals surface area contributed by atoms with Crippen LogP contribution in [0.15, 0.2) is 30.3 Å². The van der Waals surface area contributed by atoms with E-state index in [1.165, 1.54) is 11.0 Å². The van der Waals surface area contributed by atoms with Crippen LogP contribution in [0.2, 0.25) is 0 Å². The molecule has 41 heavy (non-hydrogen) atoms. The molecule has 2 aliphatic heterocycles. The molecule has 1 aliphatic carbocycles. The smallest absolute Gasteiger partial charge is 0.318 e. The molecule has 1 unspecified atom stereocenters. The van der Waals surface area contributed by atoms with Gasteiger partial charge >= 0.3 is 6.01 Å². The minimum Gasteiger partial charge on any atom is -0.508 e. The van der Waals surface area contributed by atoms with Crippen molar-refractivity contribution in [1.82, 2.24) is 19.8 Å². The number of aliphatic hydroxyl groups excluding tert-OH is 1. The molecule has 3 heterocycles. The summed E-state index contributed by atoms with van der Waals surface area (Å²) in [5.74, 6) is -3.17. The van der Waals surface area contributed by atoms with Gasteiger partial charge in [-0.05, 0) is 73.1 Å². The number of aromatic nitrogens is 2. The summed E-state index contributed by atoms with van der Waals surface area (Å²) >= 11 is 2.17. The number of hydrogen-bond donors (Lipinski definition) is 2. The van der Waals surface area contributed by atoms with E-state index >= 15 is 0 Å². The number of halogens is 3. The Morgan fingerprint density at radius 3 is 2.71 bits per heavy atom. The second-order valence-electron chi connectivity index (χ2n) is 11.9. The van der Waals surface area contributed by atoms with Crippen molar-refractivity contribution in [3.63, 3.8) is 0 Å². The fraction of sp³-hybridized carbons (Fsp3) is 0.483. The Morgan fingerprint density at radius 2 is 2.00 bits per heavy atom. The first-order chi connectivity index (χ1) is 19.4. The van der Waals surface area contributed by atoms with Crippen LogP contribution in [0.4, 0.5) is 14.6 Å². The topological polar surface area (TPSA) is 102 Å². The zero-order valence-corrected chi connectivity index (χ0v) is 25.1. The van der Waals surface area contributed by atoms with Crippen molar-refractivity contribution in [2.45, 2.75) is 44.4 Å². The van der Waals surface area contributed by atoms with Crippen LogP contribution in [0, 0.1) is 8.99 Å². The van der Waals surface area contributed by atoms with Crippen molar-refractivity contribution in [1.29, 1.82) is 0 Å². The van der Waals surface area contributed by atoms with Gasteiger partial charge < -0.3 is 29.6 Å². The minimum atomic E-state index is -3.09. The first-order valence-corrected chi connectivity index (χ1v) is 14.7. The quantitative estimate of drug-likeness (QED) is 0.362. The molecule has 2 fully saturated rings. The molecule has 0 bridgehead atoms. The monoisotopic (exact) mass is 679 g/mol. The summed E-state index contributed by atoms with van der Waals surface area (Å²) < 4.78 is 36.1. The molecular formula is C29H32F2IN5O4. The maximum Gasteiger partial charge on any atom is 0.318 e. The molecule has 3 aromatic rings. The highest BCUT2D eigenvalue weighted by molar-refractivity contribution is 14.1. The van der Waals surface area contributed by atoms with E-state index in [2.05, 4.69) is 37.5 Å². The number of phenolic OH excluding ortho intramolecular Hbond substituents is 1. The number of hydrogen-bond acceptors (Lipinski definition) is 8. The largest absolute Gasteiger partial charge is 0.508 e. The number of benzene rings is 2. The second-order valence-corrected chi connectivity index (χ2v) is 13.0. The Morgan fingerprint density at radius 1 is 1.22 bits per heavy atom. The van der Waals surface area contributed by atoms with Crippen LogP contribution in [0.1, 0.15) is 40.9 Å². The summed E-state index contributed by atoms with van der Waals surface area (Å²) in [6.07, 6.45) is 0.211. The zero-order chi connectivity index (χ0) is 29.1. The molecular weight excluding hydrogens is 647 g/mol. The van der Waals surface area contributed by atoms with Gasteiger partial charge in [0.25, 0.3) is 11.8 Å². The highest BCUT2D eigenvalue weighted by Gasteiger charge is 2.45. The van der Waals surface area contributed by atoms with Crippen LogP contribution >= 0.6 is 22.6 Å². The molecule has 9 nitrogen and oxygen atoms in total. The summed E-state index contributed by atoms with van der Waals surface area (Å²) in [4.78, 5) is 28.2. The van der Waals surface area contributed by atoms with E-state index in [1.807, 2.05) is 32.3 Å². The molecule has 0 radical (unpaired) electrons. The minimum absolute atomic E-state index is 0.00755. The van der Waals surface area contributed by atoms with Crippen LogP contribution in [-0.2, 0) is 13.1 Å². The number of amides is 1. The first kappa shape index (κ1) is 28.3. The zero-order valence-electron chi connectivity index (χ0n) is 22.9. The molecule has 1 atom stereocenters. The van der Waals surface area contributed by atoms with Crippen molar-refractivity contribution in [2.24, 2.45) is 5.41 Å². The Hall–Kier alpha value is -2.84. The van der Waals surface area contributed by atoms with Gasteiger partial charge in [0.2, 0.25) is 0 Å². The second kappa shape index (κ2) is 10.5. The highest BCUT2D eigenvalue weighted by atomic mass is 127. The van der Waals surface area contributed by atoms with Gasteiger partial charge in [0.05, 0.1) is 43.6 Å². The van der Waals surface area contributed by atoms with E-state index < -0.39 is 25.0 Å². The van der Waals surface area contributed by atoms with Crippen LogP contribution in [0.25, 0.3) is 10.8 Å². The van der Waals surface area contributed by atoms with Crippen LogP contribution in [0.3, 0.4) is 0 Å². The molecule has 0 spiro atoms. The number of fused-ring (bicyclic) bond motifs is 2. The SMILES string of the molecule is CN(C)CC1(COc2nc3c(c(N4CC(O)CC(F)(F)C4)n2)CN(C(=O)c2cc(O)cc4cccc(I)c24)C3)CC1. The van der Waals surface area contributed by atoms with E-state index in [4.69, 9.17) is 4.74 Å². The standard InChI is InChI=1S/C29H32F2IN5O4/c1-35(2)14-28(6-7-28)16-41-27-33-23-13-36(12-21(23)25(34-27)37-11-19(39)10-29(30,31)15-37)26(40)20-9-18(38)8-17-4-3-5-22(32)24(17)20/h3-5,8-9,19,38-39H,6-7,10-16H2,1-2H3. The third kappa shape index (κ3) is 5.78. The van der Waals surface area contributed by atoms with Crippen molar-refractivity contribution >= 4 is 45.1 Å². The van der Waals surface area contributed by atoms with Crippen molar-refractivity contribution in [2.75, 3.05) is 45.2 Å². The van der Waals surface area contributed by atoms with Crippen molar-refractivity contribution < 1.29 is 28.5 Å². The molecule has 12 heteroatoms. The Labute approximate surface area is 250 Å². The number of carbonyl (C=O) groups is 1. The van der Waals surface area contributed by atoms with Gasteiger partial charge in [0, 0.05) is 39.4 Å².